The van der Waals surface area contributed by atoms with E-state index in [0.29, 0.717) is 0 Å². The molecule has 0 aromatic carbocycles. The highest BCUT2D eigenvalue weighted by Gasteiger charge is 2.26. The van der Waals surface area contributed by atoms with Gasteiger partial charge < -0.3 is 0 Å². The van der Waals surface area contributed by atoms with Crippen LogP contribution in [-0.4, -0.2) is 12.9 Å². The highest BCUT2D eigenvalue weighted by atomic mass is 19.4. The summed E-state index contributed by atoms with van der Waals surface area (Å²) < 4.78 is 41.6. The van der Waals surface area contributed by atoms with E-state index in [2.05, 4.69) is 0 Å². The molecular formula is C4H8F4. The zero-order valence-corrected chi connectivity index (χ0v) is 4.72. The fourth-order valence-electron chi connectivity index (χ4n) is 0. The molecule has 0 atom stereocenters. The van der Waals surface area contributed by atoms with E-state index in [1.165, 1.54) is 0 Å². The Morgan fingerprint density at radius 3 is 1.25 bits per heavy atom. The minimum absolute atomic E-state index is 2.00. The van der Waals surface area contributed by atoms with Crippen molar-refractivity contribution in [1.82, 2.24) is 0 Å². The summed E-state index contributed by atoms with van der Waals surface area (Å²) >= 11 is 0. The van der Waals surface area contributed by atoms with Gasteiger partial charge in [-0.1, -0.05) is 13.8 Å². The first-order chi connectivity index (χ1) is 3.56. The molecule has 0 aromatic rings. The second kappa shape index (κ2) is 4.87. The third kappa shape index (κ3) is 17.2. The maximum atomic E-state index is 10.4. The van der Waals surface area contributed by atoms with Gasteiger partial charge in [0.05, 0.1) is 0 Å². The molecule has 0 saturated carbocycles. The predicted molar refractivity (Wildman–Crippen MR) is 23.4 cm³/mol. The van der Waals surface area contributed by atoms with Gasteiger partial charge in [0, 0.05) is 0 Å². The van der Waals surface area contributed by atoms with Crippen LogP contribution in [0.3, 0.4) is 0 Å². The van der Waals surface area contributed by atoms with E-state index in [0.717, 1.165) is 0 Å². The molecule has 0 aromatic heterocycles. The van der Waals surface area contributed by atoms with E-state index in [-0.39, 0.29) is 0 Å². The molecule has 0 rings (SSSR count). The zero-order chi connectivity index (χ0) is 7.21. The molecule has 0 radical (unpaired) electrons. The lowest BCUT2D eigenvalue weighted by Gasteiger charge is -1.93. The van der Waals surface area contributed by atoms with Crippen LogP contribution in [0.2, 0.25) is 0 Å². The van der Waals surface area contributed by atoms with Gasteiger partial charge in [0.15, 0.2) is 6.67 Å². The first kappa shape index (κ1) is 10.7. The fraction of sp³-hybridized carbons (Fsp3) is 1.00. The van der Waals surface area contributed by atoms with Gasteiger partial charge >= 0.3 is 6.18 Å². The van der Waals surface area contributed by atoms with E-state index < -0.39 is 12.9 Å². The Balaban J connectivity index is 0. The quantitative estimate of drug-likeness (QED) is 0.444. The van der Waals surface area contributed by atoms with Crippen LogP contribution in [0, 0.1) is 0 Å². The minimum atomic E-state index is -4.62. The van der Waals surface area contributed by atoms with Crippen molar-refractivity contribution in [3.63, 3.8) is 0 Å². The van der Waals surface area contributed by atoms with Gasteiger partial charge in [0.2, 0.25) is 0 Å². The number of hydrogen-bond donors (Lipinski definition) is 0. The molecule has 0 fully saturated rings. The lowest BCUT2D eigenvalue weighted by Crippen LogP contribution is -2.08. The fourth-order valence-corrected chi connectivity index (χ4v) is 0. The van der Waals surface area contributed by atoms with Crippen molar-refractivity contribution in [2.24, 2.45) is 0 Å². The standard InChI is InChI=1S/C2H2F4.C2H6/c3-1-2(4,5)6;1-2/h1H2;1-2H3. The average Bonchev–Trinajstić information content (AvgIpc) is 1.71. The first-order valence-electron chi connectivity index (χ1n) is 2.19. The molecule has 8 heavy (non-hydrogen) atoms. The Bertz CT molecular complexity index is 37.8. The van der Waals surface area contributed by atoms with Gasteiger partial charge in [-0.3, -0.25) is 0 Å². The second-order valence-corrected chi connectivity index (χ2v) is 0.749. The Kier molecular flexibility index (Phi) is 6.48. The molecule has 0 unspecified atom stereocenters. The first-order valence-corrected chi connectivity index (χ1v) is 2.19. The predicted octanol–water partition coefficient (Wildman–Crippen LogP) is 2.54. The molecule has 0 spiro atoms. The zero-order valence-electron chi connectivity index (χ0n) is 4.72. The molecule has 0 amide bonds. The molecular weight excluding hydrogens is 124 g/mol. The monoisotopic (exact) mass is 132 g/mol. The number of alkyl halides is 4. The summed E-state index contributed by atoms with van der Waals surface area (Å²) in [4.78, 5) is 0. The Morgan fingerprint density at radius 2 is 1.25 bits per heavy atom. The summed E-state index contributed by atoms with van der Waals surface area (Å²) in [6.45, 7) is 1.77. The van der Waals surface area contributed by atoms with Crippen LogP contribution in [0.4, 0.5) is 17.6 Å². The summed E-state index contributed by atoms with van der Waals surface area (Å²) in [6, 6.07) is 0. The molecule has 0 heterocycles. The van der Waals surface area contributed by atoms with Crippen molar-refractivity contribution >= 4 is 0 Å². The topological polar surface area (TPSA) is 0 Å². The van der Waals surface area contributed by atoms with Crippen molar-refractivity contribution in [2.45, 2.75) is 20.0 Å². The van der Waals surface area contributed by atoms with E-state index in [4.69, 9.17) is 0 Å². The van der Waals surface area contributed by atoms with Crippen molar-refractivity contribution in [2.75, 3.05) is 6.67 Å². The van der Waals surface area contributed by atoms with Gasteiger partial charge in [-0.15, -0.1) is 0 Å². The van der Waals surface area contributed by atoms with Crippen molar-refractivity contribution in [3.8, 4) is 0 Å². The van der Waals surface area contributed by atoms with Crippen LogP contribution < -0.4 is 0 Å². The van der Waals surface area contributed by atoms with E-state index >= 15 is 0 Å². The third-order valence-electron chi connectivity index (χ3n) is 0.152. The number of hydrogen-bond acceptors (Lipinski definition) is 0. The van der Waals surface area contributed by atoms with E-state index in [9.17, 15) is 17.6 Å². The van der Waals surface area contributed by atoms with Crippen LogP contribution in [0.5, 0.6) is 0 Å². The second-order valence-electron chi connectivity index (χ2n) is 0.749. The van der Waals surface area contributed by atoms with Crippen molar-refractivity contribution in [3.05, 3.63) is 0 Å². The number of rotatable bonds is 0. The van der Waals surface area contributed by atoms with E-state index in [1.54, 1.807) is 0 Å². The maximum absolute atomic E-state index is 10.4. The van der Waals surface area contributed by atoms with Gasteiger partial charge in [-0.05, 0) is 0 Å². The minimum Gasteiger partial charge on any atom is -0.241 e. The van der Waals surface area contributed by atoms with Crippen LogP contribution in [0.15, 0.2) is 0 Å². The van der Waals surface area contributed by atoms with Gasteiger partial charge in [0.1, 0.15) is 0 Å². The van der Waals surface area contributed by atoms with Gasteiger partial charge in [0.25, 0.3) is 0 Å². The normalized spacial score (nSPS) is 9.75. The molecule has 0 aliphatic carbocycles. The molecule has 0 nitrogen and oxygen atoms in total. The molecule has 0 saturated heterocycles. The van der Waals surface area contributed by atoms with Crippen molar-refractivity contribution in [1.29, 1.82) is 0 Å². The van der Waals surface area contributed by atoms with Crippen LogP contribution in [0.1, 0.15) is 13.8 Å². The highest BCUT2D eigenvalue weighted by molar-refractivity contribution is 4.39. The summed E-state index contributed by atoms with van der Waals surface area (Å²) in [7, 11) is 0. The SMILES string of the molecule is CC.FCC(F)(F)F. The lowest BCUT2D eigenvalue weighted by atomic mass is 10.8. The van der Waals surface area contributed by atoms with Crippen LogP contribution in [0.25, 0.3) is 0 Å². The third-order valence-corrected chi connectivity index (χ3v) is 0.152. The summed E-state index contributed by atoms with van der Waals surface area (Å²) in [6.07, 6.45) is -4.62. The lowest BCUT2D eigenvalue weighted by molar-refractivity contribution is -0.142. The molecule has 0 aliphatic rings. The van der Waals surface area contributed by atoms with Crippen LogP contribution in [-0.2, 0) is 0 Å². The summed E-state index contributed by atoms with van der Waals surface area (Å²) in [5.74, 6) is 0. The summed E-state index contributed by atoms with van der Waals surface area (Å²) in [5.41, 5.74) is 0. The molecule has 0 bridgehead atoms. The number of halogens is 4. The highest BCUT2D eigenvalue weighted by Crippen LogP contribution is 2.13. The maximum Gasteiger partial charge on any atom is 0.416 e. The Labute approximate surface area is 45.5 Å². The molecule has 4 heteroatoms. The van der Waals surface area contributed by atoms with Crippen molar-refractivity contribution < 1.29 is 17.6 Å². The largest absolute Gasteiger partial charge is 0.416 e. The van der Waals surface area contributed by atoms with E-state index in [1.807, 2.05) is 13.8 Å². The smallest absolute Gasteiger partial charge is 0.241 e. The summed E-state index contributed by atoms with van der Waals surface area (Å²) in [5, 5.41) is 0. The van der Waals surface area contributed by atoms with Gasteiger partial charge in [-0.2, -0.15) is 13.2 Å². The molecule has 52 valence electrons. The Morgan fingerprint density at radius 1 is 1.12 bits per heavy atom. The molecule has 0 N–H and O–H groups in total. The average molecular weight is 132 g/mol. The van der Waals surface area contributed by atoms with Crippen LogP contribution >= 0.6 is 0 Å². The molecule has 0 aliphatic heterocycles. The van der Waals surface area contributed by atoms with Gasteiger partial charge in [-0.25, -0.2) is 4.39 Å². The Hall–Kier alpha value is -0.280.